The van der Waals surface area contributed by atoms with Crippen LogP contribution in [-0.4, -0.2) is 53.7 Å². The van der Waals surface area contributed by atoms with Gasteiger partial charge in [0.2, 0.25) is 5.91 Å². The van der Waals surface area contributed by atoms with Crippen molar-refractivity contribution < 1.29 is 18.3 Å². The molecule has 28 heavy (non-hydrogen) atoms. The third kappa shape index (κ3) is 3.37. The minimum Gasteiger partial charge on any atom is -0.378 e. The number of halogens is 3. The summed E-state index contributed by atoms with van der Waals surface area (Å²) in [6.45, 7) is 1.28. The van der Waals surface area contributed by atoms with Gasteiger partial charge in [-0.05, 0) is 24.6 Å². The fourth-order valence-electron chi connectivity index (χ4n) is 4.03. The largest absolute Gasteiger partial charge is 0.378 e. The number of hydrogen-bond donors (Lipinski definition) is 1. The first-order valence-corrected chi connectivity index (χ1v) is 10.6. The van der Waals surface area contributed by atoms with Gasteiger partial charge in [-0.1, -0.05) is 33.8 Å². The molecular weight excluding hydrogens is 452 g/mol. The Labute approximate surface area is 174 Å². The SMILES string of the molecule is NC1=N[C@](CF)(c2cc(Br)ccc2F)[C@@H]2C[C@]2(/C=C/C(=O)N2CCOCC2)S1. The number of fused-ring (bicyclic) bond motifs is 1. The molecule has 0 radical (unpaired) electrons. The van der Waals surface area contributed by atoms with Gasteiger partial charge in [-0.15, -0.1) is 0 Å². The van der Waals surface area contributed by atoms with Crippen LogP contribution in [0.2, 0.25) is 0 Å². The Kier molecular flexibility index (Phi) is 5.26. The van der Waals surface area contributed by atoms with Gasteiger partial charge < -0.3 is 15.4 Å². The van der Waals surface area contributed by atoms with Crippen molar-refractivity contribution in [2.45, 2.75) is 16.7 Å². The number of hydrogen-bond acceptors (Lipinski definition) is 5. The number of carbonyl (C=O) groups excluding carboxylic acids is 1. The Hall–Kier alpha value is -1.45. The van der Waals surface area contributed by atoms with Crippen LogP contribution in [0.5, 0.6) is 0 Å². The van der Waals surface area contributed by atoms with Crippen LogP contribution < -0.4 is 5.73 Å². The van der Waals surface area contributed by atoms with Crippen LogP contribution >= 0.6 is 27.7 Å². The third-order valence-corrected chi connectivity index (χ3v) is 7.32. The molecular formula is C19H20BrF2N3O2S. The molecule has 2 N–H and O–H groups in total. The van der Waals surface area contributed by atoms with E-state index in [0.29, 0.717) is 37.2 Å². The lowest BCUT2D eigenvalue weighted by molar-refractivity contribution is -0.130. The zero-order valence-corrected chi connectivity index (χ0v) is 17.4. The molecule has 1 aliphatic carbocycles. The maximum absolute atomic E-state index is 14.6. The van der Waals surface area contributed by atoms with Crippen LogP contribution in [0.25, 0.3) is 0 Å². The van der Waals surface area contributed by atoms with Crippen molar-refractivity contribution in [3.8, 4) is 0 Å². The first kappa shape index (κ1) is 19.8. The number of amidine groups is 1. The summed E-state index contributed by atoms with van der Waals surface area (Å²) >= 11 is 4.64. The van der Waals surface area contributed by atoms with Crippen LogP contribution in [0.15, 0.2) is 39.8 Å². The maximum atomic E-state index is 14.6. The fraction of sp³-hybridized carbons (Fsp3) is 0.474. The van der Waals surface area contributed by atoms with E-state index in [1.807, 2.05) is 0 Å². The van der Waals surface area contributed by atoms with Gasteiger partial charge in [0, 0.05) is 39.9 Å². The number of thioether (sulfide) groups is 1. The lowest BCUT2D eigenvalue weighted by Crippen LogP contribution is -2.41. The van der Waals surface area contributed by atoms with E-state index in [1.165, 1.54) is 23.9 Å². The molecule has 4 rings (SSSR count). The standard InChI is InChI=1S/C19H20BrF2N3O2S/c20-12-1-2-14(22)13(9-12)19(11-21)15-10-18(15,28-17(23)24-19)4-3-16(26)25-5-7-27-8-6-25/h1-4,9,15H,5-8,10-11H2,(H2,23,24)/b4-3+/t15-,18+,19-/m1/s1. The Morgan fingerprint density at radius 3 is 2.93 bits per heavy atom. The van der Waals surface area contributed by atoms with Gasteiger partial charge >= 0.3 is 0 Å². The highest BCUT2D eigenvalue weighted by Crippen LogP contribution is 2.66. The van der Waals surface area contributed by atoms with E-state index in [2.05, 4.69) is 20.9 Å². The molecule has 0 bridgehead atoms. The fourth-order valence-corrected chi connectivity index (χ4v) is 5.71. The normalized spacial score (nSPS) is 32.2. The number of carbonyl (C=O) groups is 1. The molecule has 1 saturated heterocycles. The molecule has 1 aromatic rings. The van der Waals surface area contributed by atoms with Crippen LogP contribution in [0.4, 0.5) is 8.78 Å². The zero-order chi connectivity index (χ0) is 19.9. The molecule has 1 aromatic carbocycles. The summed E-state index contributed by atoms with van der Waals surface area (Å²) in [5.74, 6) is -0.900. The average Bonchev–Trinajstić information content (AvgIpc) is 3.43. The summed E-state index contributed by atoms with van der Waals surface area (Å²) < 4.78 is 34.3. The van der Waals surface area contributed by atoms with Gasteiger partial charge in [-0.2, -0.15) is 0 Å². The zero-order valence-electron chi connectivity index (χ0n) is 15.0. The van der Waals surface area contributed by atoms with Gasteiger partial charge in [0.05, 0.1) is 13.2 Å². The molecule has 3 aliphatic rings. The van der Waals surface area contributed by atoms with E-state index in [9.17, 15) is 13.6 Å². The van der Waals surface area contributed by atoms with Crippen LogP contribution in [-0.2, 0) is 15.1 Å². The second-order valence-electron chi connectivity index (χ2n) is 7.22. The Balaban J connectivity index is 1.64. The van der Waals surface area contributed by atoms with E-state index in [-0.39, 0.29) is 22.6 Å². The number of nitrogens with two attached hydrogens (primary N) is 1. The summed E-state index contributed by atoms with van der Waals surface area (Å²) in [6, 6.07) is 4.43. The summed E-state index contributed by atoms with van der Waals surface area (Å²) in [7, 11) is 0. The van der Waals surface area contributed by atoms with Crippen molar-refractivity contribution in [3.05, 3.63) is 46.2 Å². The van der Waals surface area contributed by atoms with Crippen LogP contribution in [0.3, 0.4) is 0 Å². The second kappa shape index (κ2) is 7.42. The van der Waals surface area contributed by atoms with Gasteiger partial charge in [0.15, 0.2) is 5.17 Å². The van der Waals surface area contributed by atoms with E-state index in [0.717, 1.165) is 0 Å². The minimum atomic E-state index is -1.38. The Morgan fingerprint density at radius 2 is 2.21 bits per heavy atom. The van der Waals surface area contributed by atoms with E-state index in [4.69, 9.17) is 10.5 Å². The molecule has 1 saturated carbocycles. The first-order chi connectivity index (χ1) is 13.4. The molecule has 9 heteroatoms. The summed E-state index contributed by atoms with van der Waals surface area (Å²) in [6.07, 6.45) is 3.89. The molecule has 2 fully saturated rings. The highest BCUT2D eigenvalue weighted by Gasteiger charge is 2.67. The number of nitrogens with zero attached hydrogens (tertiary/aromatic N) is 2. The van der Waals surface area contributed by atoms with Crippen LogP contribution in [0.1, 0.15) is 12.0 Å². The monoisotopic (exact) mass is 471 g/mol. The molecule has 2 aliphatic heterocycles. The first-order valence-electron chi connectivity index (χ1n) is 9.02. The van der Waals surface area contributed by atoms with E-state index in [1.54, 1.807) is 23.1 Å². The van der Waals surface area contributed by atoms with Crippen molar-refractivity contribution in [2.24, 2.45) is 16.6 Å². The van der Waals surface area contributed by atoms with Crippen molar-refractivity contribution >= 4 is 38.8 Å². The highest BCUT2D eigenvalue weighted by atomic mass is 79.9. The molecule has 1 amide bonds. The van der Waals surface area contributed by atoms with Crippen molar-refractivity contribution in [3.63, 3.8) is 0 Å². The molecule has 0 aromatic heterocycles. The number of amides is 1. The third-order valence-electron chi connectivity index (χ3n) is 5.56. The highest BCUT2D eigenvalue weighted by molar-refractivity contribution is 9.10. The van der Waals surface area contributed by atoms with E-state index < -0.39 is 22.8 Å². The predicted molar refractivity (Wildman–Crippen MR) is 108 cm³/mol. The quantitative estimate of drug-likeness (QED) is 0.685. The summed E-state index contributed by atoms with van der Waals surface area (Å²) in [4.78, 5) is 18.5. The number of ether oxygens (including phenoxy) is 1. The van der Waals surface area contributed by atoms with Crippen molar-refractivity contribution in [2.75, 3.05) is 33.0 Å². The number of benzene rings is 1. The number of morpholine rings is 1. The summed E-state index contributed by atoms with van der Waals surface area (Å²) in [5, 5.41) is 0.203. The molecule has 3 atom stereocenters. The van der Waals surface area contributed by atoms with Crippen molar-refractivity contribution in [1.82, 2.24) is 4.90 Å². The van der Waals surface area contributed by atoms with Gasteiger partial charge in [0.25, 0.3) is 0 Å². The van der Waals surface area contributed by atoms with Gasteiger partial charge in [-0.25, -0.2) is 13.8 Å². The van der Waals surface area contributed by atoms with Crippen molar-refractivity contribution in [1.29, 1.82) is 0 Å². The topological polar surface area (TPSA) is 67.9 Å². The minimum absolute atomic E-state index is 0.107. The smallest absolute Gasteiger partial charge is 0.246 e. The predicted octanol–water partition coefficient (Wildman–Crippen LogP) is 2.99. The lowest BCUT2D eigenvalue weighted by atomic mass is 9.85. The second-order valence-corrected chi connectivity index (χ2v) is 9.51. The molecule has 150 valence electrons. The van der Waals surface area contributed by atoms with E-state index >= 15 is 0 Å². The maximum Gasteiger partial charge on any atom is 0.246 e. The number of alkyl halides is 1. The summed E-state index contributed by atoms with van der Waals surface area (Å²) in [5.41, 5.74) is 4.84. The molecule has 5 nitrogen and oxygen atoms in total. The average molecular weight is 472 g/mol. The molecule has 2 heterocycles. The Bertz CT molecular complexity index is 862. The Morgan fingerprint density at radius 1 is 1.46 bits per heavy atom. The molecule has 0 unspecified atom stereocenters. The number of rotatable bonds is 4. The van der Waals surface area contributed by atoms with Gasteiger partial charge in [-0.3, -0.25) is 4.79 Å². The lowest BCUT2D eigenvalue weighted by Gasteiger charge is -2.34. The molecule has 0 spiro atoms. The van der Waals surface area contributed by atoms with Gasteiger partial charge in [0.1, 0.15) is 18.0 Å². The number of aliphatic imine (C=N–C) groups is 1. The van der Waals surface area contributed by atoms with Crippen LogP contribution in [0, 0.1) is 11.7 Å².